The molecule has 0 radical (unpaired) electrons. The molecule has 0 spiro atoms. The molecule has 336 valence electrons. The van der Waals surface area contributed by atoms with E-state index in [0.29, 0.717) is 11.2 Å². The van der Waals surface area contributed by atoms with Crippen LogP contribution in [-0.2, 0) is 44.0 Å². The molecule has 21 nitrogen and oxygen atoms in total. The first-order valence-electron chi connectivity index (χ1n) is 19.9. The second-order valence-corrected chi connectivity index (χ2v) is 24.1. The number of hydrogen-bond acceptors (Lipinski definition) is 16. The molecular weight excluding hydrogens is 878 g/mol. The normalized spacial score (nSPS) is 24.9. The molecule has 9 atom stereocenters. The molecule has 63 heavy (non-hydrogen) atoms. The molecule has 0 saturated carbocycles. The van der Waals surface area contributed by atoms with Gasteiger partial charge in [-0.1, -0.05) is 45.9 Å². The van der Waals surface area contributed by atoms with E-state index in [1.807, 2.05) is 13.1 Å². The molecule has 6 heterocycles. The maximum atomic E-state index is 13.1. The summed E-state index contributed by atoms with van der Waals surface area (Å²) >= 11 is 6.04. The van der Waals surface area contributed by atoms with E-state index in [2.05, 4.69) is 50.9 Å². The summed E-state index contributed by atoms with van der Waals surface area (Å²) in [6.07, 6.45) is -1.63. The predicted molar refractivity (Wildman–Crippen MR) is 231 cm³/mol. The Hall–Kier alpha value is -4.99. The highest BCUT2D eigenvalue weighted by molar-refractivity contribution is 8.07. The molecule has 1 aromatic carbocycles. The van der Waals surface area contributed by atoms with E-state index in [1.165, 1.54) is 46.3 Å². The fraction of sp³-hybridized carbons (Fsp3) is 0.487. The van der Waals surface area contributed by atoms with E-state index in [0.717, 1.165) is 0 Å². The Kier molecular flexibility index (Phi) is 13.6. The lowest BCUT2D eigenvalue weighted by molar-refractivity contribution is -0.0606. The lowest BCUT2D eigenvalue weighted by Crippen LogP contribution is -2.49. The summed E-state index contributed by atoms with van der Waals surface area (Å²) in [5.41, 5.74) is 0.623. The van der Waals surface area contributed by atoms with E-state index in [1.54, 1.807) is 41.8 Å². The van der Waals surface area contributed by atoms with Gasteiger partial charge in [0.15, 0.2) is 43.9 Å². The molecule has 2 fully saturated rings. The minimum Gasteiger partial charge on any atom is -0.450 e. The Morgan fingerprint density at radius 1 is 1.00 bits per heavy atom. The molecule has 7 rings (SSSR count). The molecule has 0 bridgehead atoms. The molecular formula is C39H48N9O12PSSi. The third kappa shape index (κ3) is 9.61. The molecule has 2 aliphatic heterocycles. The van der Waals surface area contributed by atoms with Gasteiger partial charge in [-0.3, -0.25) is 27.6 Å². The van der Waals surface area contributed by atoms with Crippen LogP contribution < -0.4 is 10.9 Å². The lowest BCUT2D eigenvalue weighted by Gasteiger charge is -2.41. The summed E-state index contributed by atoms with van der Waals surface area (Å²) in [5.74, 6) is -0.679. The summed E-state index contributed by atoms with van der Waals surface area (Å²) in [6, 6.07) is 9.93. The fourth-order valence-corrected chi connectivity index (χ4v) is 10.4. The lowest BCUT2D eigenvalue weighted by atomic mass is 10.0. The predicted octanol–water partition coefficient (Wildman–Crippen LogP) is 5.03. The van der Waals surface area contributed by atoms with Gasteiger partial charge in [0.2, 0.25) is 12.3 Å². The van der Waals surface area contributed by atoms with Crippen LogP contribution in [0.25, 0.3) is 21.8 Å². The number of carbonyl (C=O) groups excluding carboxylic acids is 1. The topological polar surface area (TPSA) is 238 Å². The number of ether oxygens (including phenoxy) is 3. The van der Waals surface area contributed by atoms with Crippen molar-refractivity contribution in [3.63, 3.8) is 0 Å². The van der Waals surface area contributed by atoms with Gasteiger partial charge in [0.1, 0.15) is 31.2 Å². The van der Waals surface area contributed by atoms with Crippen LogP contribution in [0.4, 0.5) is 10.6 Å². The number of aliphatic hydroxyl groups excluding tert-OH is 1. The first-order valence-corrected chi connectivity index (χ1v) is 25.4. The zero-order chi connectivity index (χ0) is 45.3. The van der Waals surface area contributed by atoms with Gasteiger partial charge in [-0.25, -0.2) is 31.3 Å². The van der Waals surface area contributed by atoms with E-state index in [-0.39, 0.29) is 47.5 Å². The third-order valence-electron chi connectivity index (χ3n) is 11.4. The van der Waals surface area contributed by atoms with Gasteiger partial charge >= 0.3 is 12.9 Å². The maximum Gasteiger partial charge on any atom is 0.506 e. The largest absolute Gasteiger partial charge is 0.506 e. The average molecular weight is 926 g/mol. The van der Waals surface area contributed by atoms with Crippen LogP contribution in [0.5, 0.6) is 0 Å². The zero-order valence-electron chi connectivity index (χ0n) is 35.2. The molecule has 3 N–H and O–H groups in total. The zero-order valence-corrected chi connectivity index (χ0v) is 37.9. The van der Waals surface area contributed by atoms with Crippen molar-refractivity contribution in [2.75, 3.05) is 31.7 Å². The first kappa shape index (κ1) is 46.0. The number of nitrogens with zero attached hydrogens (tertiary/aromatic N) is 8. The third-order valence-corrected chi connectivity index (χ3v) is 18.2. The molecule has 1 amide bonds. The summed E-state index contributed by atoms with van der Waals surface area (Å²) in [6.45, 7) is 14.4. The molecule has 5 aromatic rings. The highest BCUT2D eigenvalue weighted by Crippen LogP contribution is 2.55. The van der Waals surface area contributed by atoms with Gasteiger partial charge in [0.05, 0.1) is 25.6 Å². The summed E-state index contributed by atoms with van der Waals surface area (Å²) in [5, 5.41) is 23.1. The van der Waals surface area contributed by atoms with Crippen LogP contribution in [0.3, 0.4) is 0 Å². The van der Waals surface area contributed by atoms with E-state index >= 15 is 0 Å². The second kappa shape index (κ2) is 18.6. The van der Waals surface area contributed by atoms with Crippen LogP contribution in [0, 0.1) is 12.5 Å². The Morgan fingerprint density at radius 2 is 1.73 bits per heavy atom. The number of carbonyl (C=O) groups is 2. The van der Waals surface area contributed by atoms with Crippen molar-refractivity contribution >= 4 is 61.7 Å². The number of rotatable bonds is 16. The number of fused-ring (bicyclic) bond motifs is 2. The van der Waals surface area contributed by atoms with Crippen molar-refractivity contribution in [2.24, 2.45) is 5.92 Å². The van der Waals surface area contributed by atoms with Crippen LogP contribution >= 0.6 is 6.72 Å². The van der Waals surface area contributed by atoms with Crippen molar-refractivity contribution in [2.45, 2.75) is 88.8 Å². The van der Waals surface area contributed by atoms with Crippen molar-refractivity contribution in [1.82, 2.24) is 33.5 Å². The molecule has 2 saturated heterocycles. The minimum atomic E-state index is -3.92. The number of aromatic nitrogens is 7. The number of carboxylic acid groups (broad SMARTS) is 1. The number of amides is 1. The fourth-order valence-electron chi connectivity index (χ4n) is 7.05. The van der Waals surface area contributed by atoms with Crippen LogP contribution in [-0.4, -0.2) is 121 Å². The second-order valence-electron chi connectivity index (χ2n) is 16.4. The first-order chi connectivity index (χ1) is 29.9. The van der Waals surface area contributed by atoms with Gasteiger partial charge in [0.25, 0.3) is 11.5 Å². The molecule has 4 aromatic heterocycles. The van der Waals surface area contributed by atoms with Crippen molar-refractivity contribution in [3.8, 4) is 0 Å². The van der Waals surface area contributed by atoms with Crippen LogP contribution in [0.2, 0.25) is 18.1 Å². The number of nitrogens with one attached hydrogen (secondary N) is 1. The molecule has 1 unspecified atom stereocenters. The molecule has 2 aliphatic rings. The summed E-state index contributed by atoms with van der Waals surface area (Å²) in [7, 11) is -2.70. The standard InChI is InChI=1S/C39H48N9O12PSSi/c1-23-26(57-35(29(23)58-38(52)53)47-16-13-27(50)46-17-14-41-37(46)47)20-55-61(62,54-18-15-40-5)59-30-25(19-49)56-36(31(30)60-63(6,7)39(2,3)4)48-22-44-28-32(42-21-43-33(28)48)45-34(51)24-11-9-8-10-12-24/h8-14,16-17,21-23,25-26,29-31,35-36,49H,15,18-20H2,1-4,6-7H3,(H,52,53)(H,42,43,45,51)/t23-,25-,26-,29-,30-,31-,35-,36-,61?/m1/s1. The van der Waals surface area contributed by atoms with Crippen molar-refractivity contribution in [1.29, 1.82) is 0 Å². The van der Waals surface area contributed by atoms with Gasteiger partial charge in [0, 0.05) is 36.1 Å². The van der Waals surface area contributed by atoms with Gasteiger partial charge < -0.3 is 48.1 Å². The van der Waals surface area contributed by atoms with Crippen LogP contribution in [0.15, 0.2) is 72.4 Å². The van der Waals surface area contributed by atoms with Gasteiger partial charge in [-0.2, -0.15) is 0 Å². The average Bonchev–Trinajstić information content (AvgIpc) is 4.04. The highest BCUT2D eigenvalue weighted by Gasteiger charge is 2.54. The maximum absolute atomic E-state index is 13.1. The molecule has 0 aliphatic carbocycles. The highest BCUT2D eigenvalue weighted by atomic mass is 32.5. The van der Waals surface area contributed by atoms with Gasteiger partial charge in [-0.15, -0.1) is 0 Å². The van der Waals surface area contributed by atoms with E-state index in [9.17, 15) is 24.6 Å². The van der Waals surface area contributed by atoms with E-state index in [4.69, 9.17) is 50.6 Å². The Labute approximate surface area is 367 Å². The van der Waals surface area contributed by atoms with E-state index < -0.39 is 82.6 Å². The Balaban J connectivity index is 1.20. The number of benzene rings is 1. The number of aliphatic hydroxyl groups is 1. The summed E-state index contributed by atoms with van der Waals surface area (Å²) in [4.78, 5) is 58.6. The summed E-state index contributed by atoms with van der Waals surface area (Å²) < 4.78 is 48.8. The Morgan fingerprint density at radius 3 is 2.43 bits per heavy atom. The van der Waals surface area contributed by atoms with Crippen LogP contribution in [0.1, 0.15) is 50.5 Å². The van der Waals surface area contributed by atoms with Crippen molar-refractivity contribution < 1.29 is 52.0 Å². The van der Waals surface area contributed by atoms with Crippen molar-refractivity contribution in [3.05, 3.63) is 95.0 Å². The minimum absolute atomic E-state index is 0.0777. The smallest absolute Gasteiger partial charge is 0.450 e. The SMILES string of the molecule is [C-]#[N+]CCOP(=S)(OC[C@H]1O[C@@H](n2ccc(=O)n3ccnc23)[C@H](OC(=O)O)[C@@H]1C)O[C@H]1[C@@H](O[Si](C)(C)C(C)(C)C)[C@H](n2cnc3c(NC(=O)c4ccccc4)ncnc32)O[C@@H]1CO. The number of hydrogen-bond donors (Lipinski definition) is 3. The molecule has 24 heteroatoms. The Bertz CT molecular complexity index is 2600. The number of anilines is 1. The monoisotopic (exact) mass is 925 g/mol. The number of imidazole rings is 2. The quantitative estimate of drug-likeness (QED) is 0.0387. The van der Waals surface area contributed by atoms with Gasteiger partial charge in [-0.05, 0) is 42.1 Å².